The smallest absolute Gasteiger partial charge is 0.267 e. The molecule has 112 valence electrons. The summed E-state index contributed by atoms with van der Waals surface area (Å²) in [4.78, 5) is 11.7. The van der Waals surface area contributed by atoms with Crippen LogP contribution >= 0.6 is 0 Å². The summed E-state index contributed by atoms with van der Waals surface area (Å²) in [6, 6.07) is 7.97. The lowest BCUT2D eigenvalue weighted by Crippen LogP contribution is -2.23. The van der Waals surface area contributed by atoms with E-state index in [9.17, 15) is 13.6 Å². The van der Waals surface area contributed by atoms with Crippen molar-refractivity contribution in [1.29, 1.82) is 0 Å². The molecule has 0 radical (unpaired) electrons. The molecule has 2 aromatic heterocycles. The standard InChI is InChI=1S/C15H12F2N4O/c1-10-2-5-15(22)21(18-10)9-12-6-7-20(19-12)14-4-3-11(16)8-13(14)17/h2-8H,9H2,1H3. The first kappa shape index (κ1) is 14.1. The minimum atomic E-state index is -0.708. The van der Waals surface area contributed by atoms with Gasteiger partial charge in [0.2, 0.25) is 0 Å². The first-order chi connectivity index (χ1) is 10.5. The number of aryl methyl sites for hydroxylation is 1. The second kappa shape index (κ2) is 5.51. The minimum absolute atomic E-state index is 0.136. The number of hydrogen-bond acceptors (Lipinski definition) is 3. The summed E-state index contributed by atoms with van der Waals surface area (Å²) in [5, 5.41) is 8.30. The van der Waals surface area contributed by atoms with Crippen LogP contribution in [0, 0.1) is 18.6 Å². The van der Waals surface area contributed by atoms with Crippen molar-refractivity contribution >= 4 is 0 Å². The molecule has 0 fully saturated rings. The lowest BCUT2D eigenvalue weighted by Gasteiger charge is -2.04. The SMILES string of the molecule is Cc1ccc(=O)n(Cc2ccn(-c3ccc(F)cc3F)n2)n1. The molecular formula is C15H12F2N4O. The van der Waals surface area contributed by atoms with Gasteiger partial charge >= 0.3 is 0 Å². The number of halogens is 2. The van der Waals surface area contributed by atoms with Crippen molar-refractivity contribution in [2.24, 2.45) is 0 Å². The summed E-state index contributed by atoms with van der Waals surface area (Å²) in [5.41, 5.74) is 1.15. The lowest BCUT2D eigenvalue weighted by molar-refractivity contribution is 0.571. The fraction of sp³-hybridized carbons (Fsp3) is 0.133. The van der Waals surface area contributed by atoms with Crippen molar-refractivity contribution in [1.82, 2.24) is 19.6 Å². The van der Waals surface area contributed by atoms with Crippen LogP contribution in [0.5, 0.6) is 0 Å². The molecule has 0 spiro atoms. The average Bonchev–Trinajstić information content (AvgIpc) is 2.91. The Morgan fingerprint density at radius 3 is 2.68 bits per heavy atom. The fourth-order valence-electron chi connectivity index (χ4n) is 2.06. The lowest BCUT2D eigenvalue weighted by atomic mass is 10.3. The molecule has 0 bridgehead atoms. The number of rotatable bonds is 3. The Morgan fingerprint density at radius 2 is 1.91 bits per heavy atom. The van der Waals surface area contributed by atoms with Crippen LogP contribution in [0.2, 0.25) is 0 Å². The molecule has 0 unspecified atom stereocenters. The van der Waals surface area contributed by atoms with E-state index in [2.05, 4.69) is 10.2 Å². The topological polar surface area (TPSA) is 52.7 Å². The summed E-state index contributed by atoms with van der Waals surface area (Å²) in [7, 11) is 0. The van der Waals surface area contributed by atoms with Gasteiger partial charge < -0.3 is 0 Å². The van der Waals surface area contributed by atoms with Gasteiger partial charge in [-0.1, -0.05) is 0 Å². The van der Waals surface area contributed by atoms with Crippen molar-refractivity contribution in [3.05, 3.63) is 76.0 Å². The molecule has 7 heteroatoms. The highest BCUT2D eigenvalue weighted by Crippen LogP contribution is 2.14. The molecule has 2 heterocycles. The van der Waals surface area contributed by atoms with Crippen LogP contribution in [0.3, 0.4) is 0 Å². The van der Waals surface area contributed by atoms with Crippen LogP contribution in [-0.2, 0) is 6.54 Å². The van der Waals surface area contributed by atoms with Crippen LogP contribution in [-0.4, -0.2) is 19.6 Å². The van der Waals surface area contributed by atoms with Gasteiger partial charge in [0.15, 0.2) is 5.82 Å². The van der Waals surface area contributed by atoms with Crippen LogP contribution in [0.4, 0.5) is 8.78 Å². The predicted molar refractivity (Wildman–Crippen MR) is 75.8 cm³/mol. The molecule has 0 aliphatic heterocycles. The number of hydrogen-bond donors (Lipinski definition) is 0. The molecule has 0 N–H and O–H groups in total. The Balaban J connectivity index is 1.91. The number of nitrogens with zero attached hydrogens (tertiary/aromatic N) is 4. The molecule has 3 aromatic rings. The summed E-state index contributed by atoms with van der Waals surface area (Å²) in [6.45, 7) is 1.96. The zero-order valence-electron chi connectivity index (χ0n) is 11.7. The minimum Gasteiger partial charge on any atom is -0.268 e. The third-order valence-electron chi connectivity index (χ3n) is 3.11. The molecular weight excluding hydrogens is 290 g/mol. The van der Waals surface area contributed by atoms with Gasteiger partial charge in [-0.3, -0.25) is 4.79 Å². The van der Waals surface area contributed by atoms with Crippen molar-refractivity contribution in [2.45, 2.75) is 13.5 Å². The highest BCUT2D eigenvalue weighted by Gasteiger charge is 2.09. The Kier molecular flexibility index (Phi) is 3.54. The van der Waals surface area contributed by atoms with E-state index in [0.717, 1.165) is 12.1 Å². The van der Waals surface area contributed by atoms with E-state index in [0.29, 0.717) is 11.4 Å². The summed E-state index contributed by atoms with van der Waals surface area (Å²) < 4.78 is 29.2. The summed E-state index contributed by atoms with van der Waals surface area (Å²) in [5.74, 6) is -1.36. The maximum Gasteiger partial charge on any atom is 0.267 e. The third-order valence-corrected chi connectivity index (χ3v) is 3.11. The molecule has 0 aliphatic rings. The first-order valence-electron chi connectivity index (χ1n) is 6.58. The van der Waals surface area contributed by atoms with E-state index in [1.54, 1.807) is 25.3 Å². The van der Waals surface area contributed by atoms with Gasteiger partial charge in [0.1, 0.15) is 11.5 Å². The highest BCUT2D eigenvalue weighted by molar-refractivity contribution is 5.33. The predicted octanol–water partition coefficient (Wildman–Crippen LogP) is 2.06. The molecule has 0 aliphatic carbocycles. The monoisotopic (exact) mass is 302 g/mol. The second-order valence-corrected chi connectivity index (χ2v) is 4.82. The van der Waals surface area contributed by atoms with Gasteiger partial charge in [0.25, 0.3) is 5.56 Å². The van der Waals surface area contributed by atoms with Crippen molar-refractivity contribution in [3.63, 3.8) is 0 Å². The summed E-state index contributed by atoms with van der Waals surface area (Å²) >= 11 is 0. The van der Waals surface area contributed by atoms with Crippen LogP contribution in [0.1, 0.15) is 11.4 Å². The summed E-state index contributed by atoms with van der Waals surface area (Å²) in [6.07, 6.45) is 1.55. The van der Waals surface area contributed by atoms with Crippen LogP contribution in [0.15, 0.2) is 47.4 Å². The molecule has 3 rings (SSSR count). The molecule has 1 aromatic carbocycles. The van der Waals surface area contributed by atoms with Gasteiger partial charge in [0.05, 0.1) is 17.9 Å². The van der Waals surface area contributed by atoms with Crippen LogP contribution < -0.4 is 5.56 Å². The maximum absolute atomic E-state index is 13.7. The molecule has 0 saturated carbocycles. The first-order valence-corrected chi connectivity index (χ1v) is 6.58. The average molecular weight is 302 g/mol. The Hall–Kier alpha value is -2.83. The molecule has 22 heavy (non-hydrogen) atoms. The van der Waals surface area contributed by atoms with Gasteiger partial charge in [0, 0.05) is 18.3 Å². The Labute approximate surface area is 124 Å². The van der Waals surface area contributed by atoms with Crippen molar-refractivity contribution in [3.8, 4) is 5.69 Å². The van der Waals surface area contributed by atoms with E-state index >= 15 is 0 Å². The zero-order valence-corrected chi connectivity index (χ0v) is 11.7. The normalized spacial score (nSPS) is 10.9. The van der Waals surface area contributed by atoms with E-state index in [1.165, 1.54) is 21.5 Å². The van der Waals surface area contributed by atoms with Gasteiger partial charge in [-0.25, -0.2) is 18.1 Å². The van der Waals surface area contributed by atoms with Gasteiger partial charge in [-0.05, 0) is 31.2 Å². The van der Waals surface area contributed by atoms with E-state index in [4.69, 9.17) is 0 Å². The second-order valence-electron chi connectivity index (χ2n) is 4.82. The van der Waals surface area contributed by atoms with Gasteiger partial charge in [-0.15, -0.1) is 0 Å². The highest BCUT2D eigenvalue weighted by atomic mass is 19.1. The van der Waals surface area contributed by atoms with Crippen molar-refractivity contribution < 1.29 is 8.78 Å². The molecule has 0 amide bonds. The fourth-order valence-corrected chi connectivity index (χ4v) is 2.06. The quantitative estimate of drug-likeness (QED) is 0.744. The Morgan fingerprint density at radius 1 is 1.09 bits per heavy atom. The maximum atomic E-state index is 13.7. The van der Waals surface area contributed by atoms with Crippen LogP contribution in [0.25, 0.3) is 5.69 Å². The van der Waals surface area contributed by atoms with E-state index < -0.39 is 11.6 Å². The molecule has 5 nitrogen and oxygen atoms in total. The van der Waals surface area contributed by atoms with E-state index in [-0.39, 0.29) is 17.8 Å². The largest absolute Gasteiger partial charge is 0.268 e. The zero-order chi connectivity index (χ0) is 15.7. The molecule has 0 atom stereocenters. The number of aromatic nitrogens is 4. The van der Waals surface area contributed by atoms with Crippen molar-refractivity contribution in [2.75, 3.05) is 0 Å². The van der Waals surface area contributed by atoms with E-state index in [1.807, 2.05) is 0 Å². The molecule has 0 saturated heterocycles. The number of benzene rings is 1. The van der Waals surface area contributed by atoms with Gasteiger partial charge in [-0.2, -0.15) is 10.2 Å². The third kappa shape index (κ3) is 2.78. The Bertz CT molecular complexity index is 885.